The molecule has 5 N–H and O–H groups in total. The minimum atomic E-state index is -1.33. The van der Waals surface area contributed by atoms with E-state index in [0.717, 1.165) is 19.2 Å². The van der Waals surface area contributed by atoms with Crippen LogP contribution in [0.2, 0.25) is 0 Å². The number of hydrogen-bond acceptors (Lipinski definition) is 7. The van der Waals surface area contributed by atoms with Crippen molar-refractivity contribution >= 4 is 35.1 Å². The van der Waals surface area contributed by atoms with Gasteiger partial charge in [0.05, 0.1) is 14.2 Å². The fraction of sp³-hybridized carbons (Fsp3) is 0.238. The van der Waals surface area contributed by atoms with Gasteiger partial charge in [0.2, 0.25) is 0 Å². The summed E-state index contributed by atoms with van der Waals surface area (Å²) in [6.07, 6.45) is -0.892. The highest BCUT2D eigenvalue weighted by atomic mass is 35.5. The molecule has 13 heteroatoms. The summed E-state index contributed by atoms with van der Waals surface area (Å²) >= 11 is 4.60. The zero-order valence-electron chi connectivity index (χ0n) is 17.3. The van der Waals surface area contributed by atoms with Crippen LogP contribution in [0.15, 0.2) is 48.5 Å². The molecule has 0 aliphatic carbocycles. The van der Waals surface area contributed by atoms with Crippen molar-refractivity contribution in [2.45, 2.75) is 19.5 Å². The number of nitrogens with one attached hydrogen (secondary N) is 1. The number of methoxy groups -OCH3 is 2. The SMILES string of the molecule is C.COC(=O)Cl.COC(=O)N[C@H](C(=O)O)c1cccc(F)c1.N[C@H](C(=O)O)c1cccc(F)c1. The molecule has 0 aliphatic heterocycles. The van der Waals surface area contributed by atoms with E-state index in [1.165, 1.54) is 43.5 Å². The van der Waals surface area contributed by atoms with E-state index in [4.69, 9.17) is 15.9 Å². The van der Waals surface area contributed by atoms with E-state index < -0.39 is 47.2 Å². The standard InChI is InChI=1S/C10H10FNO4.C8H8FNO2.C2H3ClO2.CH4/c1-16-10(15)12-8(9(13)14)6-3-2-4-7(11)5-6;9-6-3-1-2-5(4-6)7(10)8(11)12;1-5-2(3)4;/h2-5,8H,1H3,(H,12,15)(H,13,14);1-4,7H,10H2,(H,11,12);1H3;1H4/t8-;7-;;/m00../s1. The second-order valence-electron chi connectivity index (χ2n) is 5.77. The van der Waals surface area contributed by atoms with E-state index in [9.17, 15) is 28.0 Å². The molecule has 2 aromatic carbocycles. The Labute approximate surface area is 199 Å². The van der Waals surface area contributed by atoms with Gasteiger partial charge in [-0.15, -0.1) is 0 Å². The zero-order valence-corrected chi connectivity index (χ0v) is 18.1. The summed E-state index contributed by atoms with van der Waals surface area (Å²) in [7, 11) is 2.33. The van der Waals surface area contributed by atoms with Gasteiger partial charge < -0.3 is 30.7 Å². The van der Waals surface area contributed by atoms with Crippen LogP contribution in [0.1, 0.15) is 30.6 Å². The predicted octanol–water partition coefficient (Wildman–Crippen LogP) is 3.85. The minimum Gasteiger partial charge on any atom is -0.480 e. The summed E-state index contributed by atoms with van der Waals surface area (Å²) in [6.45, 7) is 0. The van der Waals surface area contributed by atoms with Gasteiger partial charge in [0.25, 0.3) is 0 Å². The third kappa shape index (κ3) is 12.9. The van der Waals surface area contributed by atoms with Crippen molar-refractivity contribution in [3.8, 4) is 0 Å². The molecular weight excluding hydrogens is 482 g/mol. The Hall–Kier alpha value is -3.77. The van der Waals surface area contributed by atoms with E-state index in [1.807, 2.05) is 0 Å². The third-order valence-electron chi connectivity index (χ3n) is 3.51. The van der Waals surface area contributed by atoms with Gasteiger partial charge in [-0.25, -0.2) is 23.2 Å². The molecule has 2 aromatic rings. The lowest BCUT2D eigenvalue weighted by Gasteiger charge is -2.13. The van der Waals surface area contributed by atoms with Gasteiger partial charge in [0.15, 0.2) is 6.04 Å². The van der Waals surface area contributed by atoms with Crippen LogP contribution in [-0.2, 0) is 19.1 Å². The fourth-order valence-electron chi connectivity index (χ4n) is 1.99. The Morgan fingerprint density at radius 1 is 0.912 bits per heavy atom. The molecule has 1 amide bonds. The molecular formula is C21H25ClF2N2O8. The lowest BCUT2D eigenvalue weighted by atomic mass is 10.1. The average molecular weight is 507 g/mol. The van der Waals surface area contributed by atoms with Crippen LogP contribution in [-0.4, -0.2) is 47.9 Å². The molecule has 10 nitrogen and oxygen atoms in total. The van der Waals surface area contributed by atoms with Crippen molar-refractivity contribution in [2.75, 3.05) is 14.2 Å². The molecule has 34 heavy (non-hydrogen) atoms. The van der Waals surface area contributed by atoms with Gasteiger partial charge >= 0.3 is 23.5 Å². The van der Waals surface area contributed by atoms with Gasteiger partial charge in [-0.1, -0.05) is 31.7 Å². The number of hydrogen-bond donors (Lipinski definition) is 4. The van der Waals surface area contributed by atoms with Crippen LogP contribution in [0, 0.1) is 11.6 Å². The maximum Gasteiger partial charge on any atom is 0.407 e. The van der Waals surface area contributed by atoms with Crippen LogP contribution in [0.5, 0.6) is 0 Å². The topological polar surface area (TPSA) is 165 Å². The van der Waals surface area contributed by atoms with Gasteiger partial charge in [-0.05, 0) is 35.4 Å². The summed E-state index contributed by atoms with van der Waals surface area (Å²) in [5.74, 6) is -3.52. The summed E-state index contributed by atoms with van der Waals surface area (Å²) < 4.78 is 33.6. The summed E-state index contributed by atoms with van der Waals surface area (Å²) in [5.41, 5.74) is 4.87. The zero-order chi connectivity index (χ0) is 25.6. The Morgan fingerprint density at radius 3 is 1.71 bits per heavy atom. The lowest BCUT2D eigenvalue weighted by molar-refractivity contribution is -0.140. The van der Waals surface area contributed by atoms with Crippen LogP contribution in [0.25, 0.3) is 0 Å². The second-order valence-corrected chi connectivity index (χ2v) is 6.08. The maximum atomic E-state index is 12.9. The largest absolute Gasteiger partial charge is 0.480 e. The van der Waals surface area contributed by atoms with Crippen LogP contribution in [0.3, 0.4) is 0 Å². The normalized spacial score (nSPS) is 10.9. The Morgan fingerprint density at radius 2 is 1.35 bits per heavy atom. The lowest BCUT2D eigenvalue weighted by Crippen LogP contribution is -2.33. The predicted molar refractivity (Wildman–Crippen MR) is 118 cm³/mol. The van der Waals surface area contributed by atoms with Gasteiger partial charge in [0, 0.05) is 11.6 Å². The number of alkyl carbamates (subject to hydrolysis) is 1. The van der Waals surface area contributed by atoms with Crippen molar-refractivity contribution in [1.82, 2.24) is 5.32 Å². The Balaban J connectivity index is 0. The number of carbonyl (C=O) groups is 4. The summed E-state index contributed by atoms with van der Waals surface area (Å²) in [6, 6.07) is 7.74. The number of carbonyl (C=O) groups excluding carboxylic acids is 2. The number of aliphatic carboxylic acids is 2. The summed E-state index contributed by atoms with van der Waals surface area (Å²) in [5, 5.41) is 19.4. The van der Waals surface area contributed by atoms with Gasteiger partial charge in [0.1, 0.15) is 17.7 Å². The van der Waals surface area contributed by atoms with Gasteiger partial charge in [-0.2, -0.15) is 0 Å². The first-order valence-corrected chi connectivity index (χ1v) is 9.10. The molecule has 0 fully saturated rings. The number of nitrogens with two attached hydrogens (primary N) is 1. The van der Waals surface area contributed by atoms with E-state index in [-0.39, 0.29) is 18.6 Å². The van der Waals surface area contributed by atoms with Crippen molar-refractivity contribution in [3.63, 3.8) is 0 Å². The molecule has 0 spiro atoms. The molecule has 188 valence electrons. The first kappa shape index (κ1) is 32.4. The molecule has 2 rings (SSSR count). The number of halogens is 3. The number of benzene rings is 2. The Bertz CT molecular complexity index is 962. The molecule has 0 aliphatic rings. The second kappa shape index (κ2) is 16.8. The van der Waals surface area contributed by atoms with E-state index in [0.29, 0.717) is 0 Å². The van der Waals surface area contributed by atoms with E-state index >= 15 is 0 Å². The third-order valence-corrected chi connectivity index (χ3v) is 3.67. The number of amides is 1. The monoisotopic (exact) mass is 506 g/mol. The summed E-state index contributed by atoms with van der Waals surface area (Å²) in [4.78, 5) is 41.5. The smallest absolute Gasteiger partial charge is 0.407 e. The quantitative estimate of drug-likeness (QED) is 0.440. The molecule has 0 radical (unpaired) electrons. The van der Waals surface area contributed by atoms with E-state index in [2.05, 4.69) is 26.4 Å². The van der Waals surface area contributed by atoms with Crippen molar-refractivity contribution in [3.05, 3.63) is 71.3 Å². The van der Waals surface area contributed by atoms with Crippen molar-refractivity contribution in [2.24, 2.45) is 5.73 Å². The molecule has 0 heterocycles. The molecule has 0 saturated carbocycles. The number of carboxylic acids is 2. The van der Waals surface area contributed by atoms with Crippen LogP contribution in [0.4, 0.5) is 18.4 Å². The number of ether oxygens (including phenoxy) is 2. The highest BCUT2D eigenvalue weighted by molar-refractivity contribution is 6.61. The van der Waals surface area contributed by atoms with Crippen molar-refractivity contribution in [1.29, 1.82) is 0 Å². The number of rotatable bonds is 5. The highest BCUT2D eigenvalue weighted by Gasteiger charge is 2.22. The molecule has 0 bridgehead atoms. The molecule has 0 aromatic heterocycles. The van der Waals surface area contributed by atoms with E-state index in [1.54, 1.807) is 0 Å². The van der Waals surface area contributed by atoms with Gasteiger partial charge in [-0.3, -0.25) is 4.79 Å². The minimum absolute atomic E-state index is 0. The first-order chi connectivity index (χ1) is 15.4. The average Bonchev–Trinajstić information content (AvgIpc) is 2.77. The molecule has 0 saturated heterocycles. The first-order valence-electron chi connectivity index (χ1n) is 8.72. The maximum absolute atomic E-state index is 12.9. The molecule has 2 atom stereocenters. The van der Waals surface area contributed by atoms with Crippen molar-refractivity contribution < 1.29 is 47.6 Å². The fourth-order valence-corrected chi connectivity index (χ4v) is 1.99. The molecule has 0 unspecified atom stereocenters. The van der Waals surface area contributed by atoms with Crippen LogP contribution >= 0.6 is 11.6 Å². The Kier molecular flexibility index (Phi) is 16.0. The number of carboxylic acid groups (broad SMARTS) is 2. The highest BCUT2D eigenvalue weighted by Crippen LogP contribution is 2.14. The van der Waals surface area contributed by atoms with Crippen LogP contribution < -0.4 is 11.1 Å².